The maximum Gasteiger partial charge on any atom is 0.266 e. The average molecular weight is 336 g/mol. The quantitative estimate of drug-likeness (QED) is 0.879. The molecule has 114 valence electrons. The molecule has 22 heavy (non-hydrogen) atoms. The molecule has 1 unspecified atom stereocenters. The highest BCUT2D eigenvalue weighted by Gasteiger charge is 2.30. The molecule has 1 fully saturated rings. The molecule has 0 bridgehead atoms. The third-order valence-electron chi connectivity index (χ3n) is 3.43. The number of ether oxygens (including phenoxy) is 1. The molecule has 0 heterocycles. The molecule has 1 amide bonds. The van der Waals surface area contributed by atoms with Crippen LogP contribution in [0.15, 0.2) is 48.5 Å². The van der Waals surface area contributed by atoms with Crippen LogP contribution in [0.25, 0.3) is 0 Å². The summed E-state index contributed by atoms with van der Waals surface area (Å²) in [6.07, 6.45) is 1.29. The van der Waals surface area contributed by atoms with Crippen molar-refractivity contribution in [3.05, 3.63) is 64.1 Å². The molecule has 0 spiro atoms. The summed E-state index contributed by atoms with van der Waals surface area (Å²) >= 11 is 12.2. The van der Waals surface area contributed by atoms with Crippen LogP contribution < -0.4 is 10.1 Å². The second-order valence-electron chi connectivity index (χ2n) is 5.24. The molecule has 2 aromatic rings. The number of hydrogen-bond donors (Lipinski definition) is 1. The van der Waals surface area contributed by atoms with E-state index in [4.69, 9.17) is 27.9 Å². The average Bonchev–Trinajstić information content (AvgIpc) is 3.33. The Kier molecular flexibility index (Phi) is 4.55. The van der Waals surface area contributed by atoms with Gasteiger partial charge in [-0.25, -0.2) is 0 Å². The first-order chi connectivity index (χ1) is 10.6. The van der Waals surface area contributed by atoms with Gasteiger partial charge in [-0.2, -0.15) is 0 Å². The van der Waals surface area contributed by atoms with E-state index < -0.39 is 6.10 Å². The van der Waals surface area contributed by atoms with Crippen LogP contribution in [0, 0.1) is 0 Å². The lowest BCUT2D eigenvalue weighted by Crippen LogP contribution is -2.33. The Hall–Kier alpha value is -1.71. The molecule has 3 rings (SSSR count). The number of nitrogens with one attached hydrogen (secondary N) is 1. The lowest BCUT2D eigenvalue weighted by atomic mass is 10.1. The van der Waals surface area contributed by atoms with Gasteiger partial charge in [-0.15, -0.1) is 0 Å². The van der Waals surface area contributed by atoms with Crippen molar-refractivity contribution in [1.82, 2.24) is 5.32 Å². The third kappa shape index (κ3) is 3.54. The van der Waals surface area contributed by atoms with Crippen molar-refractivity contribution in [3.63, 3.8) is 0 Å². The van der Waals surface area contributed by atoms with E-state index in [0.717, 1.165) is 18.4 Å². The van der Waals surface area contributed by atoms with Gasteiger partial charge < -0.3 is 10.1 Å². The Balaban J connectivity index is 1.87. The van der Waals surface area contributed by atoms with E-state index in [1.165, 1.54) is 0 Å². The molecule has 2 aromatic carbocycles. The molecule has 0 radical (unpaired) electrons. The predicted molar refractivity (Wildman–Crippen MR) is 87.4 cm³/mol. The van der Waals surface area contributed by atoms with Gasteiger partial charge in [-0.1, -0.05) is 59.6 Å². The summed E-state index contributed by atoms with van der Waals surface area (Å²) in [5.41, 5.74) is 0.775. The molecule has 1 saturated carbocycles. The summed E-state index contributed by atoms with van der Waals surface area (Å²) in [6, 6.07) is 14.7. The zero-order chi connectivity index (χ0) is 15.5. The zero-order valence-electron chi connectivity index (χ0n) is 11.8. The summed E-state index contributed by atoms with van der Waals surface area (Å²) in [5, 5.41) is 3.67. The van der Waals surface area contributed by atoms with Crippen LogP contribution in [0.1, 0.15) is 24.5 Å². The fourth-order valence-corrected chi connectivity index (χ4v) is 2.44. The lowest BCUT2D eigenvalue weighted by Gasteiger charge is -2.20. The van der Waals surface area contributed by atoms with Crippen LogP contribution in [-0.4, -0.2) is 11.9 Å². The second kappa shape index (κ2) is 6.59. The fraction of sp³-hybridized carbons (Fsp3) is 0.235. The molecule has 0 aromatic heterocycles. The number of amides is 1. The van der Waals surface area contributed by atoms with Gasteiger partial charge in [0.15, 0.2) is 0 Å². The van der Waals surface area contributed by atoms with E-state index in [1.807, 2.05) is 30.3 Å². The largest absolute Gasteiger partial charge is 0.474 e. The van der Waals surface area contributed by atoms with Crippen molar-refractivity contribution in [2.24, 2.45) is 0 Å². The minimum atomic E-state index is -0.752. The van der Waals surface area contributed by atoms with Crippen LogP contribution in [-0.2, 0) is 4.79 Å². The summed E-state index contributed by atoms with van der Waals surface area (Å²) in [7, 11) is 0. The van der Waals surface area contributed by atoms with Gasteiger partial charge in [0.1, 0.15) is 10.8 Å². The number of halogens is 2. The molecule has 1 atom stereocenters. The van der Waals surface area contributed by atoms with Crippen LogP contribution in [0.2, 0.25) is 10.0 Å². The molecular formula is C17H15Cl2NO2. The zero-order valence-corrected chi connectivity index (χ0v) is 13.3. The van der Waals surface area contributed by atoms with Crippen molar-refractivity contribution >= 4 is 29.1 Å². The monoisotopic (exact) mass is 335 g/mol. The maximum absolute atomic E-state index is 12.5. The normalized spacial score (nSPS) is 15.2. The molecule has 0 aliphatic heterocycles. The molecule has 1 N–H and O–H groups in total. The highest BCUT2D eigenvalue weighted by molar-refractivity contribution is 6.42. The molecule has 1 aliphatic rings. The van der Waals surface area contributed by atoms with Gasteiger partial charge in [0.25, 0.3) is 5.91 Å². The fourth-order valence-electron chi connectivity index (χ4n) is 2.11. The van der Waals surface area contributed by atoms with Crippen molar-refractivity contribution in [2.45, 2.75) is 25.0 Å². The Morgan fingerprint density at radius 2 is 1.82 bits per heavy atom. The first-order valence-electron chi connectivity index (χ1n) is 7.11. The van der Waals surface area contributed by atoms with E-state index in [1.54, 1.807) is 18.2 Å². The minimum Gasteiger partial charge on any atom is -0.474 e. The van der Waals surface area contributed by atoms with E-state index in [-0.39, 0.29) is 11.9 Å². The third-order valence-corrected chi connectivity index (χ3v) is 4.23. The highest BCUT2D eigenvalue weighted by atomic mass is 35.5. The standard InChI is InChI=1S/C17H15Cl2NO2/c18-13-7-4-8-14(15(13)19)22-16(11-5-2-1-3-6-11)17(21)20-12-9-10-12/h1-8,12,16H,9-10H2,(H,20,21). The van der Waals surface area contributed by atoms with Gasteiger partial charge in [-0.05, 0) is 25.0 Å². The number of benzene rings is 2. The Bertz CT molecular complexity index is 672. The summed E-state index contributed by atoms with van der Waals surface area (Å²) in [5.74, 6) is 0.235. The van der Waals surface area contributed by atoms with Gasteiger partial charge in [0, 0.05) is 11.6 Å². The Morgan fingerprint density at radius 3 is 2.50 bits per heavy atom. The second-order valence-corrected chi connectivity index (χ2v) is 6.03. The van der Waals surface area contributed by atoms with Gasteiger partial charge in [0.2, 0.25) is 6.10 Å². The maximum atomic E-state index is 12.5. The topological polar surface area (TPSA) is 38.3 Å². The minimum absolute atomic E-state index is 0.162. The van der Waals surface area contributed by atoms with Crippen molar-refractivity contribution in [2.75, 3.05) is 0 Å². The Labute approximate surface area is 139 Å². The summed E-state index contributed by atoms with van der Waals surface area (Å²) < 4.78 is 5.87. The SMILES string of the molecule is O=C(NC1CC1)C(Oc1cccc(Cl)c1Cl)c1ccccc1. The van der Waals surface area contributed by atoms with E-state index >= 15 is 0 Å². The van der Waals surface area contributed by atoms with Gasteiger partial charge >= 0.3 is 0 Å². The van der Waals surface area contributed by atoms with Crippen molar-refractivity contribution in [3.8, 4) is 5.75 Å². The Morgan fingerprint density at radius 1 is 1.09 bits per heavy atom. The van der Waals surface area contributed by atoms with E-state index in [0.29, 0.717) is 15.8 Å². The smallest absolute Gasteiger partial charge is 0.266 e. The van der Waals surface area contributed by atoms with E-state index in [2.05, 4.69) is 5.32 Å². The van der Waals surface area contributed by atoms with Gasteiger partial charge in [-0.3, -0.25) is 4.79 Å². The number of rotatable bonds is 5. The predicted octanol–water partition coefficient (Wildman–Crippen LogP) is 4.39. The van der Waals surface area contributed by atoms with Crippen molar-refractivity contribution < 1.29 is 9.53 Å². The molecule has 0 saturated heterocycles. The lowest BCUT2D eigenvalue weighted by molar-refractivity contribution is -0.128. The molecule has 1 aliphatic carbocycles. The van der Waals surface area contributed by atoms with Gasteiger partial charge in [0.05, 0.1) is 5.02 Å². The van der Waals surface area contributed by atoms with E-state index in [9.17, 15) is 4.79 Å². The number of carbonyl (C=O) groups excluding carboxylic acids is 1. The number of carbonyl (C=O) groups is 1. The number of hydrogen-bond acceptors (Lipinski definition) is 2. The van der Waals surface area contributed by atoms with Crippen LogP contribution >= 0.6 is 23.2 Å². The first kappa shape index (κ1) is 15.2. The molecular weight excluding hydrogens is 321 g/mol. The summed E-state index contributed by atoms with van der Waals surface area (Å²) in [4.78, 5) is 12.5. The van der Waals surface area contributed by atoms with Crippen molar-refractivity contribution in [1.29, 1.82) is 0 Å². The first-order valence-corrected chi connectivity index (χ1v) is 7.87. The molecule has 3 nitrogen and oxygen atoms in total. The van der Waals surface area contributed by atoms with Crippen LogP contribution in [0.5, 0.6) is 5.75 Å². The highest BCUT2D eigenvalue weighted by Crippen LogP contribution is 2.34. The van der Waals surface area contributed by atoms with Crippen LogP contribution in [0.3, 0.4) is 0 Å². The molecule has 5 heteroatoms. The van der Waals surface area contributed by atoms with Crippen LogP contribution in [0.4, 0.5) is 0 Å². The summed E-state index contributed by atoms with van der Waals surface area (Å²) in [6.45, 7) is 0.